The van der Waals surface area contributed by atoms with Crippen LogP contribution in [-0.4, -0.2) is 19.1 Å². The number of aryl methyl sites for hydroxylation is 1. The first kappa shape index (κ1) is 10.1. The molecule has 1 heterocycles. The highest BCUT2D eigenvalue weighted by Gasteiger charge is 2.22. The van der Waals surface area contributed by atoms with Crippen LogP contribution in [0.4, 0.5) is 4.39 Å². The third-order valence-corrected chi connectivity index (χ3v) is 2.40. The molecule has 80 valence electrons. The molecule has 0 radical (unpaired) electrons. The normalized spacial score (nSPS) is 21.2. The number of morpholine rings is 1. The van der Waals surface area contributed by atoms with Crippen LogP contribution >= 0.6 is 0 Å². The zero-order valence-corrected chi connectivity index (χ0v) is 8.42. The Bertz CT molecular complexity index is 382. The molecule has 1 N–H and O–H groups in total. The first-order valence-corrected chi connectivity index (χ1v) is 4.81. The first-order valence-electron chi connectivity index (χ1n) is 4.81. The molecule has 1 saturated heterocycles. The quantitative estimate of drug-likeness (QED) is 0.757. The predicted molar refractivity (Wildman–Crippen MR) is 52.8 cm³/mol. The monoisotopic (exact) mass is 209 g/mol. The molecule has 0 unspecified atom stereocenters. The third-order valence-electron chi connectivity index (χ3n) is 2.40. The summed E-state index contributed by atoms with van der Waals surface area (Å²) in [4.78, 5) is 10.9. The first-order chi connectivity index (χ1) is 7.16. The van der Waals surface area contributed by atoms with Crippen LogP contribution in [-0.2, 0) is 9.53 Å². The molecule has 1 atom stereocenters. The van der Waals surface area contributed by atoms with Gasteiger partial charge in [-0.1, -0.05) is 17.7 Å². The van der Waals surface area contributed by atoms with Crippen LogP contribution in [0.1, 0.15) is 17.2 Å². The van der Waals surface area contributed by atoms with E-state index < -0.39 is 0 Å². The molecular formula is C11H12FNO2. The van der Waals surface area contributed by atoms with E-state index in [2.05, 4.69) is 5.32 Å². The Balaban J connectivity index is 2.21. The zero-order chi connectivity index (χ0) is 10.8. The smallest absolute Gasteiger partial charge is 0.246 e. The molecule has 1 aromatic carbocycles. The van der Waals surface area contributed by atoms with Gasteiger partial charge in [-0.25, -0.2) is 4.39 Å². The summed E-state index contributed by atoms with van der Waals surface area (Å²) in [6, 6.07) is 4.88. The van der Waals surface area contributed by atoms with Gasteiger partial charge in [-0.2, -0.15) is 0 Å². The van der Waals surface area contributed by atoms with Gasteiger partial charge in [0.05, 0.1) is 0 Å². The van der Waals surface area contributed by atoms with Crippen LogP contribution in [0.15, 0.2) is 18.2 Å². The molecule has 0 spiro atoms. The lowest BCUT2D eigenvalue weighted by molar-refractivity contribution is -0.133. The highest BCUT2D eigenvalue weighted by molar-refractivity contribution is 5.77. The number of hydrogen-bond acceptors (Lipinski definition) is 2. The predicted octanol–water partition coefficient (Wildman–Crippen LogP) is 1.32. The third kappa shape index (κ3) is 2.15. The molecule has 1 aromatic rings. The van der Waals surface area contributed by atoms with Crippen LogP contribution in [0.2, 0.25) is 0 Å². The maximum atomic E-state index is 13.5. The van der Waals surface area contributed by atoms with Gasteiger partial charge in [0.15, 0.2) is 0 Å². The molecule has 15 heavy (non-hydrogen) atoms. The van der Waals surface area contributed by atoms with Crippen molar-refractivity contribution in [2.45, 2.75) is 13.0 Å². The maximum absolute atomic E-state index is 13.5. The fourth-order valence-corrected chi connectivity index (χ4v) is 1.60. The van der Waals surface area contributed by atoms with E-state index in [1.807, 2.05) is 6.92 Å². The lowest BCUT2D eigenvalue weighted by Gasteiger charge is -2.24. The Morgan fingerprint density at radius 1 is 1.53 bits per heavy atom. The molecule has 0 bridgehead atoms. The highest BCUT2D eigenvalue weighted by atomic mass is 19.1. The Hall–Kier alpha value is -1.42. The Morgan fingerprint density at radius 2 is 2.33 bits per heavy atom. The van der Waals surface area contributed by atoms with Crippen LogP contribution in [0.25, 0.3) is 0 Å². The van der Waals surface area contributed by atoms with E-state index in [0.29, 0.717) is 12.1 Å². The topological polar surface area (TPSA) is 38.3 Å². The van der Waals surface area contributed by atoms with Crippen molar-refractivity contribution in [3.63, 3.8) is 0 Å². The van der Waals surface area contributed by atoms with Gasteiger partial charge < -0.3 is 10.1 Å². The van der Waals surface area contributed by atoms with Gasteiger partial charge in [0, 0.05) is 12.1 Å². The molecule has 1 fully saturated rings. The van der Waals surface area contributed by atoms with Crippen LogP contribution in [0, 0.1) is 12.7 Å². The largest absolute Gasteiger partial charge is 0.362 e. The van der Waals surface area contributed by atoms with Crippen LogP contribution < -0.4 is 5.32 Å². The maximum Gasteiger partial charge on any atom is 0.246 e. The van der Waals surface area contributed by atoms with E-state index in [1.165, 1.54) is 6.07 Å². The van der Waals surface area contributed by atoms with Gasteiger partial charge in [0.2, 0.25) is 5.91 Å². The number of carbonyl (C=O) groups excluding carboxylic acids is 1. The van der Waals surface area contributed by atoms with Crippen molar-refractivity contribution >= 4 is 5.91 Å². The SMILES string of the molecule is Cc1ccc(F)c([C@@H]2CNC(=O)CO2)c1. The summed E-state index contributed by atoms with van der Waals surface area (Å²) in [5.41, 5.74) is 1.49. The van der Waals surface area contributed by atoms with Crippen molar-refractivity contribution in [1.29, 1.82) is 0 Å². The molecule has 2 rings (SSSR count). The minimum atomic E-state index is -0.373. The summed E-state index contributed by atoms with van der Waals surface area (Å²) in [5, 5.41) is 2.65. The van der Waals surface area contributed by atoms with E-state index in [1.54, 1.807) is 12.1 Å². The van der Waals surface area contributed by atoms with E-state index in [9.17, 15) is 9.18 Å². The van der Waals surface area contributed by atoms with E-state index in [4.69, 9.17) is 4.74 Å². The summed E-state index contributed by atoms with van der Waals surface area (Å²) in [7, 11) is 0. The number of rotatable bonds is 1. The second-order valence-corrected chi connectivity index (χ2v) is 3.63. The molecule has 3 nitrogen and oxygen atoms in total. The standard InChI is InChI=1S/C11H12FNO2/c1-7-2-3-9(12)8(4-7)10-5-13-11(14)6-15-10/h2-4,10H,5-6H2,1H3,(H,13,14)/t10-/m0/s1. The highest BCUT2D eigenvalue weighted by Crippen LogP contribution is 2.22. The minimum absolute atomic E-state index is 0.00194. The number of hydrogen-bond donors (Lipinski definition) is 1. The number of benzene rings is 1. The lowest BCUT2D eigenvalue weighted by atomic mass is 10.1. The second-order valence-electron chi connectivity index (χ2n) is 3.63. The Morgan fingerprint density at radius 3 is 3.00 bits per heavy atom. The van der Waals surface area contributed by atoms with Crippen LogP contribution in [0.5, 0.6) is 0 Å². The van der Waals surface area contributed by atoms with Crippen molar-refractivity contribution in [3.8, 4) is 0 Å². The zero-order valence-electron chi connectivity index (χ0n) is 8.42. The van der Waals surface area contributed by atoms with E-state index in [0.717, 1.165) is 5.56 Å². The van der Waals surface area contributed by atoms with Crippen molar-refractivity contribution in [2.24, 2.45) is 0 Å². The molecule has 4 heteroatoms. The minimum Gasteiger partial charge on any atom is -0.362 e. The number of carbonyl (C=O) groups is 1. The second kappa shape index (κ2) is 3.98. The number of ether oxygens (including phenoxy) is 1. The molecule has 0 aromatic heterocycles. The van der Waals surface area contributed by atoms with Crippen molar-refractivity contribution in [3.05, 3.63) is 35.1 Å². The summed E-state index contributed by atoms with van der Waals surface area (Å²) < 4.78 is 18.7. The molecule has 1 aliphatic heterocycles. The molecule has 0 aliphatic carbocycles. The van der Waals surface area contributed by atoms with E-state index >= 15 is 0 Å². The Kier molecular flexibility index (Phi) is 2.68. The number of nitrogens with one attached hydrogen (secondary N) is 1. The molecule has 0 saturated carbocycles. The van der Waals surface area contributed by atoms with Crippen LogP contribution in [0.3, 0.4) is 0 Å². The summed E-state index contributed by atoms with van der Waals surface area (Å²) >= 11 is 0. The van der Waals surface area contributed by atoms with Gasteiger partial charge in [-0.15, -0.1) is 0 Å². The van der Waals surface area contributed by atoms with Crippen molar-refractivity contribution in [1.82, 2.24) is 5.32 Å². The summed E-state index contributed by atoms with van der Waals surface area (Å²) in [6.45, 7) is 2.22. The summed E-state index contributed by atoms with van der Waals surface area (Å²) in [5.74, 6) is -0.443. The van der Waals surface area contributed by atoms with Gasteiger partial charge in [0.1, 0.15) is 18.5 Å². The molecule has 1 aliphatic rings. The average molecular weight is 209 g/mol. The Labute approximate surface area is 87.2 Å². The number of halogens is 1. The van der Waals surface area contributed by atoms with Gasteiger partial charge in [-0.3, -0.25) is 4.79 Å². The fraction of sp³-hybridized carbons (Fsp3) is 0.364. The van der Waals surface area contributed by atoms with Gasteiger partial charge >= 0.3 is 0 Å². The molecular weight excluding hydrogens is 197 g/mol. The van der Waals surface area contributed by atoms with Crippen molar-refractivity contribution < 1.29 is 13.9 Å². The average Bonchev–Trinajstić information content (AvgIpc) is 2.23. The molecule has 1 amide bonds. The van der Waals surface area contributed by atoms with E-state index in [-0.39, 0.29) is 24.4 Å². The summed E-state index contributed by atoms with van der Waals surface area (Å²) in [6.07, 6.45) is -0.373. The fourth-order valence-electron chi connectivity index (χ4n) is 1.60. The number of amides is 1. The van der Waals surface area contributed by atoms with Gasteiger partial charge in [-0.05, 0) is 13.0 Å². The van der Waals surface area contributed by atoms with Gasteiger partial charge in [0.25, 0.3) is 0 Å². The van der Waals surface area contributed by atoms with Crippen molar-refractivity contribution in [2.75, 3.05) is 13.2 Å². The lowest BCUT2D eigenvalue weighted by Crippen LogP contribution is -2.39.